The molecule has 0 aromatic rings. The Hall–Kier alpha value is -1.88. The summed E-state index contributed by atoms with van der Waals surface area (Å²) in [7, 11) is 3.20. The average molecular weight is 330 g/mol. The number of aliphatic hydroxyl groups is 3. The molecule has 130 valence electrons. The van der Waals surface area contributed by atoms with Crippen LogP contribution in [0.25, 0.3) is 0 Å². The Kier molecular flexibility index (Phi) is 5.42. The number of carbonyl (C=O) groups is 1. The Morgan fingerprint density at radius 3 is 2.70 bits per heavy atom. The molecule has 0 unspecified atom stereocenters. The molecular weight excluding hydrogens is 308 g/mol. The zero-order valence-electron chi connectivity index (χ0n) is 13.2. The number of amides is 1. The van der Waals surface area contributed by atoms with Crippen molar-refractivity contribution in [2.75, 3.05) is 27.3 Å². The normalized spacial score (nSPS) is 31.6. The first-order valence-electron chi connectivity index (χ1n) is 7.10. The Balaban J connectivity index is 2.22. The summed E-state index contributed by atoms with van der Waals surface area (Å²) in [6.07, 6.45) is -4.85. The van der Waals surface area contributed by atoms with E-state index in [-0.39, 0.29) is 18.3 Å². The zero-order valence-corrected chi connectivity index (χ0v) is 13.2. The highest BCUT2D eigenvalue weighted by atomic mass is 16.5. The molecule has 2 aliphatic heterocycles. The number of methoxy groups -OCH3 is 1. The number of rotatable bonds is 3. The fourth-order valence-corrected chi connectivity index (χ4v) is 2.33. The van der Waals surface area contributed by atoms with E-state index in [1.807, 2.05) is 0 Å². The summed E-state index contributed by atoms with van der Waals surface area (Å²) in [5, 5.41) is 34.7. The van der Waals surface area contributed by atoms with Crippen molar-refractivity contribution in [1.29, 1.82) is 0 Å². The van der Waals surface area contributed by atoms with Gasteiger partial charge in [0.15, 0.2) is 12.0 Å². The molecule has 4 atom stereocenters. The number of hydrogen-bond donors (Lipinski definition) is 5. The molecule has 0 spiro atoms. The summed E-state index contributed by atoms with van der Waals surface area (Å²) in [6, 6.07) is 0.312. The molecule has 2 rings (SSSR count). The Morgan fingerprint density at radius 1 is 1.39 bits per heavy atom. The van der Waals surface area contributed by atoms with Crippen molar-refractivity contribution in [3.8, 4) is 0 Å². The van der Waals surface area contributed by atoms with Gasteiger partial charge in [0, 0.05) is 14.0 Å². The van der Waals surface area contributed by atoms with Gasteiger partial charge in [0.2, 0.25) is 5.91 Å². The van der Waals surface area contributed by atoms with Crippen LogP contribution in [0.5, 0.6) is 0 Å². The maximum Gasteiger partial charge on any atom is 0.293 e. The van der Waals surface area contributed by atoms with Crippen molar-refractivity contribution < 1.29 is 29.6 Å². The van der Waals surface area contributed by atoms with Crippen LogP contribution in [0.15, 0.2) is 16.5 Å². The lowest BCUT2D eigenvalue weighted by Gasteiger charge is -2.37. The van der Waals surface area contributed by atoms with E-state index in [1.165, 1.54) is 14.0 Å². The van der Waals surface area contributed by atoms with E-state index in [2.05, 4.69) is 15.6 Å². The van der Waals surface area contributed by atoms with Gasteiger partial charge >= 0.3 is 0 Å². The lowest BCUT2D eigenvalue weighted by molar-refractivity contribution is -0.193. The van der Waals surface area contributed by atoms with Crippen molar-refractivity contribution in [2.45, 2.75) is 31.5 Å². The molecule has 0 radical (unpaired) electrons. The fraction of sp³-hybridized carbons (Fsp3) is 0.692. The largest absolute Gasteiger partial charge is 0.468 e. The van der Waals surface area contributed by atoms with Crippen LogP contribution in [0, 0.1) is 0 Å². The molecule has 0 aromatic carbocycles. The van der Waals surface area contributed by atoms with E-state index in [4.69, 9.17) is 9.47 Å². The van der Waals surface area contributed by atoms with Crippen LogP contribution in [-0.4, -0.2) is 84.0 Å². The van der Waals surface area contributed by atoms with Crippen LogP contribution in [-0.2, 0) is 14.3 Å². The number of likely N-dealkylation sites (N-methyl/N-ethyl adjacent to an activating group) is 1. The smallest absolute Gasteiger partial charge is 0.293 e. The number of aliphatic hydroxyl groups excluding tert-OH is 3. The molecule has 0 aliphatic carbocycles. The lowest BCUT2D eigenvalue weighted by atomic mass is 10.0. The van der Waals surface area contributed by atoms with Crippen LogP contribution >= 0.6 is 0 Å². The van der Waals surface area contributed by atoms with Gasteiger partial charge in [-0.3, -0.25) is 4.79 Å². The number of carbonyl (C=O) groups excluding carboxylic acids is 1. The van der Waals surface area contributed by atoms with E-state index >= 15 is 0 Å². The van der Waals surface area contributed by atoms with Crippen LogP contribution < -0.4 is 10.6 Å². The molecule has 1 fully saturated rings. The van der Waals surface area contributed by atoms with Gasteiger partial charge in [-0.25, -0.2) is 0 Å². The van der Waals surface area contributed by atoms with E-state index in [1.54, 1.807) is 11.9 Å². The summed E-state index contributed by atoms with van der Waals surface area (Å²) in [6.45, 7) is 1.55. The predicted octanol–water partition coefficient (Wildman–Crippen LogP) is -2.73. The standard InChI is InChI=1S/C13H22N4O6/c1-6(18)14-7-4-17(2)13(22-3)16-11(7)15-12-10(21)9(20)8(19)5-23-12/h8-10,12,15,19-21H,4-5H2,1-3H3,(H,14,18)/t8-,9-,10-,12+/m1/s1. The van der Waals surface area contributed by atoms with Crippen molar-refractivity contribution in [3.05, 3.63) is 11.5 Å². The predicted molar refractivity (Wildman–Crippen MR) is 78.8 cm³/mol. The van der Waals surface area contributed by atoms with Gasteiger partial charge in [0.05, 0.1) is 26.0 Å². The van der Waals surface area contributed by atoms with Gasteiger partial charge in [0.25, 0.3) is 6.02 Å². The first kappa shape index (κ1) is 17.5. The van der Waals surface area contributed by atoms with Crippen molar-refractivity contribution in [3.63, 3.8) is 0 Å². The summed E-state index contributed by atoms with van der Waals surface area (Å²) in [5.41, 5.74) is 0.470. The molecule has 2 heterocycles. The van der Waals surface area contributed by atoms with Gasteiger partial charge in [-0.1, -0.05) is 0 Å². The first-order valence-corrected chi connectivity index (χ1v) is 7.10. The van der Waals surface area contributed by atoms with Crippen LogP contribution in [0.4, 0.5) is 0 Å². The quantitative estimate of drug-likeness (QED) is 0.376. The van der Waals surface area contributed by atoms with Crippen molar-refractivity contribution in [1.82, 2.24) is 15.5 Å². The third kappa shape index (κ3) is 3.91. The maximum atomic E-state index is 11.3. The highest BCUT2D eigenvalue weighted by molar-refractivity contribution is 5.79. The van der Waals surface area contributed by atoms with Gasteiger partial charge in [-0.05, 0) is 0 Å². The number of amidine groups is 1. The number of nitrogens with one attached hydrogen (secondary N) is 2. The Morgan fingerprint density at radius 2 is 2.09 bits per heavy atom. The minimum absolute atomic E-state index is 0.139. The summed E-state index contributed by atoms with van der Waals surface area (Å²) < 4.78 is 10.4. The van der Waals surface area contributed by atoms with Gasteiger partial charge < -0.3 is 40.3 Å². The van der Waals surface area contributed by atoms with Crippen molar-refractivity contribution in [2.24, 2.45) is 4.99 Å². The van der Waals surface area contributed by atoms with Crippen LogP contribution in [0.3, 0.4) is 0 Å². The molecule has 2 aliphatic rings. The highest BCUT2D eigenvalue weighted by Crippen LogP contribution is 2.18. The van der Waals surface area contributed by atoms with E-state index in [0.29, 0.717) is 18.3 Å². The van der Waals surface area contributed by atoms with E-state index in [9.17, 15) is 20.1 Å². The minimum atomic E-state index is -1.36. The topological polar surface area (TPSA) is 136 Å². The molecular formula is C13H22N4O6. The summed E-state index contributed by atoms with van der Waals surface area (Å²) in [5.74, 6) is -0.0212. The van der Waals surface area contributed by atoms with Gasteiger partial charge in [0.1, 0.15) is 18.3 Å². The van der Waals surface area contributed by atoms with E-state index < -0.39 is 24.5 Å². The number of hydrogen-bond acceptors (Lipinski definition) is 9. The maximum absolute atomic E-state index is 11.3. The summed E-state index contributed by atoms with van der Waals surface area (Å²) >= 11 is 0. The molecule has 0 saturated carbocycles. The number of nitrogens with zero attached hydrogens (tertiary/aromatic N) is 2. The first-order chi connectivity index (χ1) is 10.8. The number of aliphatic imine (C=N–C) groups is 1. The molecule has 5 N–H and O–H groups in total. The monoisotopic (exact) mass is 330 g/mol. The summed E-state index contributed by atoms with van der Waals surface area (Å²) in [4.78, 5) is 17.3. The molecule has 10 heteroatoms. The zero-order chi connectivity index (χ0) is 17.1. The molecule has 0 aromatic heterocycles. The fourth-order valence-electron chi connectivity index (χ4n) is 2.33. The third-order valence-electron chi connectivity index (χ3n) is 3.50. The molecule has 1 amide bonds. The minimum Gasteiger partial charge on any atom is -0.468 e. The second kappa shape index (κ2) is 7.13. The molecule has 0 bridgehead atoms. The van der Waals surface area contributed by atoms with Crippen molar-refractivity contribution >= 4 is 11.9 Å². The molecule has 10 nitrogen and oxygen atoms in total. The van der Waals surface area contributed by atoms with Crippen LogP contribution in [0.2, 0.25) is 0 Å². The van der Waals surface area contributed by atoms with E-state index in [0.717, 1.165) is 0 Å². The second-order valence-electron chi connectivity index (χ2n) is 5.41. The van der Waals surface area contributed by atoms with Crippen LogP contribution in [0.1, 0.15) is 6.92 Å². The Bertz CT molecular complexity index is 523. The average Bonchev–Trinajstić information content (AvgIpc) is 2.49. The van der Waals surface area contributed by atoms with Gasteiger partial charge in [-0.2, -0.15) is 4.99 Å². The Labute approximate surface area is 133 Å². The highest BCUT2D eigenvalue weighted by Gasteiger charge is 2.38. The molecule has 23 heavy (non-hydrogen) atoms. The van der Waals surface area contributed by atoms with Gasteiger partial charge in [-0.15, -0.1) is 0 Å². The number of ether oxygens (including phenoxy) is 2. The SMILES string of the molecule is COC1=NC(N[C@H]2OC[C@@H](O)[C@@H](O)[C@H]2O)=C(NC(C)=O)CN1C. The third-order valence-corrected chi connectivity index (χ3v) is 3.50. The molecule has 1 saturated heterocycles. The lowest BCUT2D eigenvalue weighted by Crippen LogP contribution is -2.58. The second-order valence-corrected chi connectivity index (χ2v) is 5.41.